The van der Waals surface area contributed by atoms with E-state index < -0.39 is 5.51 Å². The van der Waals surface area contributed by atoms with Gasteiger partial charge >= 0.3 is 5.51 Å². The molecule has 0 aliphatic carbocycles. The van der Waals surface area contributed by atoms with E-state index >= 15 is 0 Å². The molecule has 0 spiro atoms. The average Bonchev–Trinajstić information content (AvgIpc) is 2.67. The summed E-state index contributed by atoms with van der Waals surface area (Å²) >= 11 is -0.155. The van der Waals surface area contributed by atoms with Gasteiger partial charge in [0.25, 0.3) is 0 Å². The maximum Gasteiger partial charge on any atom is 0.446 e. The second kappa shape index (κ2) is 9.13. The Balaban J connectivity index is 1.92. The molecule has 3 aromatic rings. The normalized spacial score (nSPS) is 12.4. The molecule has 0 saturated carbocycles. The average molecular weight is 419 g/mol. The largest absolute Gasteiger partial charge is 0.446 e. The van der Waals surface area contributed by atoms with Crippen molar-refractivity contribution in [2.45, 2.75) is 36.7 Å². The molecule has 9 heteroatoms. The summed E-state index contributed by atoms with van der Waals surface area (Å²) in [4.78, 5) is 13.4. The van der Waals surface area contributed by atoms with Gasteiger partial charge in [0.1, 0.15) is 5.82 Å². The van der Waals surface area contributed by atoms with E-state index in [9.17, 15) is 13.2 Å². The highest BCUT2D eigenvalue weighted by atomic mass is 32.2. The van der Waals surface area contributed by atoms with Gasteiger partial charge in [-0.3, -0.25) is 4.98 Å². The van der Waals surface area contributed by atoms with Crippen LogP contribution >= 0.6 is 11.8 Å². The van der Waals surface area contributed by atoms with E-state index in [2.05, 4.69) is 25.6 Å². The van der Waals surface area contributed by atoms with Crippen LogP contribution in [0.15, 0.2) is 59.6 Å². The number of hydrogen-bond donors (Lipinski definition) is 2. The molecule has 29 heavy (non-hydrogen) atoms. The summed E-state index contributed by atoms with van der Waals surface area (Å²) in [6, 6.07) is 13.5. The van der Waals surface area contributed by atoms with Crippen LogP contribution in [0.3, 0.4) is 0 Å². The van der Waals surface area contributed by atoms with Gasteiger partial charge in [-0.1, -0.05) is 19.1 Å². The second-order valence-corrected chi connectivity index (χ2v) is 7.47. The van der Waals surface area contributed by atoms with Crippen molar-refractivity contribution < 1.29 is 13.2 Å². The van der Waals surface area contributed by atoms with Crippen LogP contribution in [-0.4, -0.2) is 26.5 Å². The fraction of sp³-hybridized carbons (Fsp3) is 0.250. The van der Waals surface area contributed by atoms with Crippen LogP contribution < -0.4 is 10.6 Å². The first-order valence-corrected chi connectivity index (χ1v) is 9.84. The van der Waals surface area contributed by atoms with Gasteiger partial charge in [-0.25, -0.2) is 4.98 Å². The quantitative estimate of drug-likeness (QED) is 0.451. The summed E-state index contributed by atoms with van der Waals surface area (Å²) in [5.41, 5.74) is -2.56. The highest BCUT2D eigenvalue weighted by molar-refractivity contribution is 8.00. The number of alkyl halides is 3. The molecule has 0 amide bonds. The highest BCUT2D eigenvalue weighted by Crippen LogP contribution is 2.37. The molecule has 1 atom stereocenters. The molecule has 5 nitrogen and oxygen atoms in total. The van der Waals surface area contributed by atoms with Crippen molar-refractivity contribution >= 4 is 29.2 Å². The lowest BCUT2D eigenvalue weighted by Crippen LogP contribution is -2.16. The van der Waals surface area contributed by atoms with Crippen LogP contribution in [0.4, 0.5) is 30.6 Å². The van der Waals surface area contributed by atoms with E-state index in [-0.39, 0.29) is 22.7 Å². The van der Waals surface area contributed by atoms with Gasteiger partial charge in [0, 0.05) is 28.9 Å². The molecule has 0 saturated heterocycles. The Morgan fingerprint density at radius 2 is 1.86 bits per heavy atom. The number of nitrogens with zero attached hydrogens (tertiary/aromatic N) is 3. The molecule has 0 fully saturated rings. The van der Waals surface area contributed by atoms with E-state index in [1.54, 1.807) is 24.4 Å². The minimum absolute atomic E-state index is 0.0967. The standard InChI is InChI=1S/C20H20F3N5S/c1-3-13(2)25-19-27-17(16-9-4-5-10-24-16)12-18(28-19)26-14-7-6-8-15(11-14)29-20(21,22)23/h4-13H,3H2,1-2H3,(H2,25,26,27,28)/t13-/m0/s1. The number of benzene rings is 1. The van der Waals surface area contributed by atoms with Crippen molar-refractivity contribution in [1.29, 1.82) is 0 Å². The molecule has 1 aromatic carbocycles. The van der Waals surface area contributed by atoms with Crippen LogP contribution in [0.2, 0.25) is 0 Å². The van der Waals surface area contributed by atoms with Crippen molar-refractivity contribution in [3.8, 4) is 11.4 Å². The fourth-order valence-corrected chi connectivity index (χ4v) is 3.06. The van der Waals surface area contributed by atoms with Crippen molar-refractivity contribution in [1.82, 2.24) is 15.0 Å². The molecule has 2 aromatic heterocycles. The Hall–Kier alpha value is -2.81. The lowest BCUT2D eigenvalue weighted by atomic mass is 10.2. The number of nitrogens with one attached hydrogen (secondary N) is 2. The van der Waals surface area contributed by atoms with Gasteiger partial charge < -0.3 is 10.6 Å². The van der Waals surface area contributed by atoms with Crippen molar-refractivity contribution in [3.63, 3.8) is 0 Å². The third kappa shape index (κ3) is 6.35. The number of rotatable bonds is 7. The molecule has 152 valence electrons. The van der Waals surface area contributed by atoms with Crippen LogP contribution in [0.5, 0.6) is 0 Å². The molecule has 2 heterocycles. The lowest BCUT2D eigenvalue weighted by molar-refractivity contribution is -0.0328. The molecule has 0 aliphatic rings. The van der Waals surface area contributed by atoms with E-state index in [0.717, 1.165) is 6.42 Å². The first-order valence-electron chi connectivity index (χ1n) is 9.02. The maximum absolute atomic E-state index is 12.7. The SMILES string of the molecule is CC[C@H](C)Nc1nc(Nc2cccc(SC(F)(F)F)c2)cc(-c2ccccn2)n1. The summed E-state index contributed by atoms with van der Waals surface area (Å²) in [6.45, 7) is 4.06. The predicted octanol–water partition coefficient (Wildman–Crippen LogP) is 6.10. The van der Waals surface area contributed by atoms with Gasteiger partial charge in [0.2, 0.25) is 5.95 Å². The minimum atomic E-state index is -4.34. The Kier molecular flexibility index (Phi) is 6.58. The van der Waals surface area contributed by atoms with E-state index in [0.29, 0.717) is 28.8 Å². The van der Waals surface area contributed by atoms with Gasteiger partial charge in [-0.05, 0) is 55.4 Å². The Labute approximate surface area is 171 Å². The molecule has 3 rings (SSSR count). The Morgan fingerprint density at radius 1 is 1.03 bits per heavy atom. The predicted molar refractivity (Wildman–Crippen MR) is 110 cm³/mol. The summed E-state index contributed by atoms with van der Waals surface area (Å²) < 4.78 is 38.0. The molecule has 0 unspecified atom stereocenters. The van der Waals surface area contributed by atoms with E-state index in [4.69, 9.17) is 0 Å². The lowest BCUT2D eigenvalue weighted by Gasteiger charge is -2.15. The molecule has 0 bridgehead atoms. The summed E-state index contributed by atoms with van der Waals surface area (Å²) in [5.74, 6) is 0.881. The number of pyridine rings is 1. The Morgan fingerprint density at radius 3 is 2.55 bits per heavy atom. The molecular formula is C20H20F3N5S. The van der Waals surface area contributed by atoms with E-state index in [1.165, 1.54) is 12.1 Å². The first kappa shape index (κ1) is 20.9. The van der Waals surface area contributed by atoms with Gasteiger partial charge in [0.05, 0.1) is 11.4 Å². The third-order valence-corrected chi connectivity index (χ3v) is 4.70. The summed E-state index contributed by atoms with van der Waals surface area (Å²) in [6.07, 6.45) is 2.56. The second-order valence-electron chi connectivity index (χ2n) is 6.33. The molecule has 0 radical (unpaired) electrons. The number of anilines is 3. The zero-order valence-corrected chi connectivity index (χ0v) is 16.7. The van der Waals surface area contributed by atoms with Crippen molar-refractivity contribution in [3.05, 3.63) is 54.7 Å². The number of hydrogen-bond acceptors (Lipinski definition) is 6. The zero-order valence-electron chi connectivity index (χ0n) is 15.9. The topological polar surface area (TPSA) is 62.7 Å². The van der Waals surface area contributed by atoms with Gasteiger partial charge in [-0.15, -0.1) is 0 Å². The van der Waals surface area contributed by atoms with Crippen LogP contribution in [0.1, 0.15) is 20.3 Å². The smallest absolute Gasteiger partial charge is 0.352 e. The van der Waals surface area contributed by atoms with Crippen LogP contribution in [0, 0.1) is 0 Å². The molecule has 0 aliphatic heterocycles. The van der Waals surface area contributed by atoms with Crippen LogP contribution in [-0.2, 0) is 0 Å². The first-order chi connectivity index (χ1) is 13.8. The fourth-order valence-electron chi connectivity index (χ4n) is 2.46. The number of thioether (sulfide) groups is 1. The van der Waals surface area contributed by atoms with Crippen molar-refractivity contribution in [2.75, 3.05) is 10.6 Å². The van der Waals surface area contributed by atoms with Gasteiger partial charge in [0.15, 0.2) is 0 Å². The monoisotopic (exact) mass is 419 g/mol. The molecular weight excluding hydrogens is 399 g/mol. The number of aromatic nitrogens is 3. The Bertz CT molecular complexity index is 950. The third-order valence-electron chi connectivity index (χ3n) is 3.98. The summed E-state index contributed by atoms with van der Waals surface area (Å²) in [5, 5.41) is 6.30. The van der Waals surface area contributed by atoms with Gasteiger partial charge in [-0.2, -0.15) is 18.2 Å². The van der Waals surface area contributed by atoms with Crippen LogP contribution in [0.25, 0.3) is 11.4 Å². The molecule has 2 N–H and O–H groups in total. The van der Waals surface area contributed by atoms with E-state index in [1.807, 2.05) is 32.0 Å². The number of halogens is 3. The minimum Gasteiger partial charge on any atom is -0.352 e. The maximum atomic E-state index is 12.7. The zero-order chi connectivity index (χ0) is 20.9. The highest BCUT2D eigenvalue weighted by Gasteiger charge is 2.29. The summed E-state index contributed by atoms with van der Waals surface area (Å²) in [7, 11) is 0. The van der Waals surface area contributed by atoms with Crippen molar-refractivity contribution in [2.24, 2.45) is 0 Å².